The Morgan fingerprint density at radius 2 is 2.06 bits per heavy atom. The molecule has 0 aromatic heterocycles. The van der Waals surface area contributed by atoms with Crippen molar-refractivity contribution in [3.63, 3.8) is 0 Å². The molecule has 1 aromatic rings. The van der Waals surface area contributed by atoms with Crippen LogP contribution in [0.2, 0.25) is 10.0 Å². The van der Waals surface area contributed by atoms with E-state index in [2.05, 4.69) is 12.2 Å². The average Bonchev–Trinajstić information content (AvgIpc) is 2.34. The summed E-state index contributed by atoms with van der Waals surface area (Å²) < 4.78 is 5.46. The Balaban J connectivity index is 2.83. The predicted molar refractivity (Wildman–Crippen MR) is 74.1 cm³/mol. The van der Waals surface area contributed by atoms with Gasteiger partial charge in [-0.1, -0.05) is 42.3 Å². The SMILES string of the molecule is CCC(OC)C(Cc1cccc(Cl)c1Cl)NC. The first-order valence-electron chi connectivity index (χ1n) is 5.77. The molecule has 0 amide bonds. The lowest BCUT2D eigenvalue weighted by Crippen LogP contribution is -2.40. The van der Waals surface area contributed by atoms with Crippen molar-refractivity contribution in [2.45, 2.75) is 31.9 Å². The molecule has 0 bridgehead atoms. The van der Waals surface area contributed by atoms with E-state index in [0.29, 0.717) is 10.0 Å². The highest BCUT2D eigenvalue weighted by molar-refractivity contribution is 6.42. The number of methoxy groups -OCH3 is 1. The van der Waals surface area contributed by atoms with Crippen molar-refractivity contribution >= 4 is 23.2 Å². The van der Waals surface area contributed by atoms with Crippen LogP contribution in [0.1, 0.15) is 18.9 Å². The molecule has 0 spiro atoms. The topological polar surface area (TPSA) is 21.3 Å². The molecular formula is C13H19Cl2NO. The summed E-state index contributed by atoms with van der Waals surface area (Å²) in [6.45, 7) is 2.11. The second-order valence-electron chi connectivity index (χ2n) is 3.99. The van der Waals surface area contributed by atoms with Crippen molar-refractivity contribution in [2.75, 3.05) is 14.2 Å². The number of hydrogen-bond acceptors (Lipinski definition) is 2. The molecular weight excluding hydrogens is 257 g/mol. The minimum absolute atomic E-state index is 0.176. The van der Waals surface area contributed by atoms with Gasteiger partial charge in [0, 0.05) is 13.2 Å². The van der Waals surface area contributed by atoms with Gasteiger partial charge in [0.05, 0.1) is 16.1 Å². The molecule has 0 radical (unpaired) electrons. The van der Waals surface area contributed by atoms with E-state index >= 15 is 0 Å². The summed E-state index contributed by atoms with van der Waals surface area (Å²) in [5.74, 6) is 0. The highest BCUT2D eigenvalue weighted by Gasteiger charge is 2.19. The molecule has 17 heavy (non-hydrogen) atoms. The lowest BCUT2D eigenvalue weighted by molar-refractivity contribution is 0.0678. The van der Waals surface area contributed by atoms with Crippen LogP contribution in [0.25, 0.3) is 0 Å². The number of hydrogen-bond donors (Lipinski definition) is 1. The Morgan fingerprint density at radius 3 is 2.59 bits per heavy atom. The molecule has 4 heteroatoms. The van der Waals surface area contributed by atoms with Crippen LogP contribution in [0.4, 0.5) is 0 Å². The molecule has 96 valence electrons. The zero-order valence-corrected chi connectivity index (χ0v) is 12.0. The molecule has 0 heterocycles. The molecule has 0 fully saturated rings. The van der Waals surface area contributed by atoms with E-state index in [-0.39, 0.29) is 12.1 Å². The third-order valence-electron chi connectivity index (χ3n) is 3.00. The van der Waals surface area contributed by atoms with E-state index in [9.17, 15) is 0 Å². The van der Waals surface area contributed by atoms with Crippen LogP contribution in [-0.2, 0) is 11.2 Å². The largest absolute Gasteiger partial charge is 0.380 e. The smallest absolute Gasteiger partial charge is 0.0724 e. The van der Waals surface area contributed by atoms with Gasteiger partial charge in [0.1, 0.15) is 0 Å². The van der Waals surface area contributed by atoms with Crippen molar-refractivity contribution in [1.82, 2.24) is 5.32 Å². The standard InChI is InChI=1S/C13H19Cl2NO/c1-4-12(17-3)11(16-2)8-9-6-5-7-10(14)13(9)15/h5-7,11-12,16H,4,8H2,1-3H3. The third kappa shape index (κ3) is 3.85. The number of halogens is 2. The summed E-state index contributed by atoms with van der Waals surface area (Å²) in [4.78, 5) is 0. The summed E-state index contributed by atoms with van der Waals surface area (Å²) in [6.07, 6.45) is 1.94. The summed E-state index contributed by atoms with van der Waals surface area (Å²) in [6, 6.07) is 5.96. The van der Waals surface area contributed by atoms with Gasteiger partial charge in [-0.15, -0.1) is 0 Å². The molecule has 0 aliphatic heterocycles. The van der Waals surface area contributed by atoms with Gasteiger partial charge < -0.3 is 10.1 Å². The molecule has 2 atom stereocenters. The highest BCUT2D eigenvalue weighted by Crippen LogP contribution is 2.27. The van der Waals surface area contributed by atoms with Crippen LogP contribution in [0.5, 0.6) is 0 Å². The Bertz CT molecular complexity index is 353. The normalized spacial score (nSPS) is 14.6. The number of nitrogens with one attached hydrogen (secondary N) is 1. The van der Waals surface area contributed by atoms with Crippen LogP contribution < -0.4 is 5.32 Å². The fourth-order valence-electron chi connectivity index (χ4n) is 1.98. The van der Waals surface area contributed by atoms with Crippen molar-refractivity contribution < 1.29 is 4.74 Å². The lowest BCUT2D eigenvalue weighted by Gasteiger charge is -2.25. The minimum Gasteiger partial charge on any atom is -0.380 e. The average molecular weight is 276 g/mol. The van der Waals surface area contributed by atoms with E-state index < -0.39 is 0 Å². The highest BCUT2D eigenvalue weighted by atomic mass is 35.5. The first-order valence-corrected chi connectivity index (χ1v) is 6.52. The first kappa shape index (κ1) is 14.8. The maximum Gasteiger partial charge on any atom is 0.0724 e. The zero-order chi connectivity index (χ0) is 12.8. The fourth-order valence-corrected chi connectivity index (χ4v) is 2.38. The van der Waals surface area contributed by atoms with Crippen molar-refractivity contribution in [3.05, 3.63) is 33.8 Å². The second-order valence-corrected chi connectivity index (χ2v) is 4.78. The quantitative estimate of drug-likeness (QED) is 0.858. The maximum absolute atomic E-state index is 6.18. The number of benzene rings is 1. The van der Waals surface area contributed by atoms with Gasteiger partial charge >= 0.3 is 0 Å². The van der Waals surface area contributed by atoms with Gasteiger partial charge in [-0.3, -0.25) is 0 Å². The third-order valence-corrected chi connectivity index (χ3v) is 3.85. The zero-order valence-electron chi connectivity index (χ0n) is 10.5. The van der Waals surface area contributed by atoms with Gasteiger partial charge in [0.15, 0.2) is 0 Å². The van der Waals surface area contributed by atoms with Crippen LogP contribution >= 0.6 is 23.2 Å². The van der Waals surface area contributed by atoms with Crippen LogP contribution in [-0.4, -0.2) is 26.3 Å². The van der Waals surface area contributed by atoms with Crippen LogP contribution in [0.15, 0.2) is 18.2 Å². The monoisotopic (exact) mass is 275 g/mol. The summed E-state index contributed by atoms with van der Waals surface area (Å²) in [7, 11) is 3.67. The Labute approximate surface area is 113 Å². The summed E-state index contributed by atoms with van der Waals surface area (Å²) >= 11 is 12.2. The van der Waals surface area contributed by atoms with Crippen molar-refractivity contribution in [1.29, 1.82) is 0 Å². The molecule has 1 aromatic carbocycles. The first-order chi connectivity index (χ1) is 8.13. The lowest BCUT2D eigenvalue weighted by atomic mass is 9.99. The van der Waals surface area contributed by atoms with Gasteiger partial charge in [-0.2, -0.15) is 0 Å². The van der Waals surface area contributed by atoms with Crippen LogP contribution in [0, 0.1) is 0 Å². The van der Waals surface area contributed by atoms with Crippen LogP contribution in [0.3, 0.4) is 0 Å². The number of ether oxygens (including phenoxy) is 1. The molecule has 2 unspecified atom stereocenters. The minimum atomic E-state index is 0.176. The van der Waals surface area contributed by atoms with Crippen molar-refractivity contribution in [2.24, 2.45) is 0 Å². The Morgan fingerprint density at radius 1 is 1.35 bits per heavy atom. The molecule has 1 N–H and O–H groups in total. The van der Waals surface area contributed by atoms with E-state index in [1.165, 1.54) is 0 Å². The fraction of sp³-hybridized carbons (Fsp3) is 0.538. The molecule has 0 aliphatic carbocycles. The van der Waals surface area contributed by atoms with E-state index in [0.717, 1.165) is 18.4 Å². The Kier molecular flexibility index (Phi) is 6.28. The van der Waals surface area contributed by atoms with E-state index in [1.54, 1.807) is 13.2 Å². The number of rotatable bonds is 6. The maximum atomic E-state index is 6.18. The molecule has 0 saturated carbocycles. The van der Waals surface area contributed by atoms with Gasteiger partial charge in [-0.05, 0) is 31.5 Å². The summed E-state index contributed by atoms with van der Waals surface area (Å²) in [5, 5.41) is 4.51. The number of likely N-dealkylation sites (N-methyl/N-ethyl adjacent to an activating group) is 1. The van der Waals surface area contributed by atoms with Gasteiger partial charge in [0.25, 0.3) is 0 Å². The molecule has 1 rings (SSSR count). The second kappa shape index (κ2) is 7.22. The predicted octanol–water partition coefficient (Wildman–Crippen LogP) is 3.55. The van der Waals surface area contributed by atoms with Gasteiger partial charge in [-0.25, -0.2) is 0 Å². The van der Waals surface area contributed by atoms with Gasteiger partial charge in [0.2, 0.25) is 0 Å². The Hall–Kier alpha value is -0.280. The summed E-state index contributed by atoms with van der Waals surface area (Å²) in [5.41, 5.74) is 1.05. The molecule has 2 nitrogen and oxygen atoms in total. The van der Waals surface area contributed by atoms with E-state index in [4.69, 9.17) is 27.9 Å². The van der Waals surface area contributed by atoms with E-state index in [1.807, 2.05) is 19.2 Å². The molecule has 0 saturated heterocycles. The molecule has 0 aliphatic rings. The van der Waals surface area contributed by atoms with Crippen molar-refractivity contribution in [3.8, 4) is 0 Å².